The van der Waals surface area contributed by atoms with Crippen LogP contribution in [0, 0.1) is 5.82 Å². The molecule has 0 bridgehead atoms. The van der Waals surface area contributed by atoms with Crippen molar-refractivity contribution in [3.8, 4) is 17.2 Å². The predicted molar refractivity (Wildman–Crippen MR) is 114 cm³/mol. The van der Waals surface area contributed by atoms with Gasteiger partial charge in [0.15, 0.2) is 11.5 Å². The van der Waals surface area contributed by atoms with Gasteiger partial charge in [-0.2, -0.15) is 0 Å². The highest BCUT2D eigenvalue weighted by Crippen LogP contribution is 2.40. The lowest BCUT2D eigenvalue weighted by molar-refractivity contribution is -0.127. The maximum absolute atomic E-state index is 13.7. The van der Waals surface area contributed by atoms with Gasteiger partial charge in [-0.15, -0.1) is 0 Å². The number of imide groups is 1. The maximum Gasteiger partial charge on any atom is 0.294 e. The van der Waals surface area contributed by atoms with Crippen molar-refractivity contribution in [1.82, 2.24) is 4.90 Å². The third-order valence-electron chi connectivity index (χ3n) is 4.31. The van der Waals surface area contributed by atoms with Crippen LogP contribution >= 0.6 is 11.8 Å². The monoisotopic (exact) mass is 446 g/mol. The minimum atomic E-state index is -0.693. The Balaban J connectivity index is 1.79. The zero-order valence-corrected chi connectivity index (χ0v) is 17.7. The van der Waals surface area contributed by atoms with Crippen molar-refractivity contribution < 1.29 is 33.0 Å². The molecule has 2 aromatic rings. The number of benzene rings is 2. The van der Waals surface area contributed by atoms with E-state index in [2.05, 4.69) is 5.32 Å². The third-order valence-corrected chi connectivity index (χ3v) is 5.22. The van der Waals surface area contributed by atoms with Gasteiger partial charge in [-0.3, -0.25) is 19.3 Å². The zero-order valence-electron chi connectivity index (χ0n) is 16.9. The number of anilines is 1. The Labute approximate surface area is 182 Å². The summed E-state index contributed by atoms with van der Waals surface area (Å²) < 4.78 is 29.5. The average molecular weight is 446 g/mol. The van der Waals surface area contributed by atoms with Crippen molar-refractivity contribution in [2.75, 3.05) is 33.2 Å². The van der Waals surface area contributed by atoms with Crippen molar-refractivity contribution in [2.24, 2.45) is 0 Å². The van der Waals surface area contributed by atoms with Crippen molar-refractivity contribution in [3.05, 3.63) is 52.7 Å². The highest BCUT2D eigenvalue weighted by molar-refractivity contribution is 8.18. The molecule has 1 aliphatic heterocycles. The first kappa shape index (κ1) is 22.2. The standard InChI is InChI=1S/C21H19FN2O6S/c1-28-15-8-12(9-16(29-2)19(15)30-3)10-17-20(26)24(21(27)31-17)11-18(25)23-14-7-5-4-6-13(14)22/h4-10H,11H2,1-3H3,(H,23,25)/b17-10-. The second-order valence-corrected chi connectivity index (χ2v) is 7.25. The zero-order chi connectivity index (χ0) is 22.5. The first-order valence-corrected chi connectivity index (χ1v) is 9.79. The molecule has 1 heterocycles. The van der Waals surface area contributed by atoms with E-state index in [-0.39, 0.29) is 10.6 Å². The molecule has 2 aromatic carbocycles. The number of thioether (sulfide) groups is 1. The van der Waals surface area contributed by atoms with E-state index in [0.717, 1.165) is 4.90 Å². The summed E-state index contributed by atoms with van der Waals surface area (Å²) in [6.07, 6.45) is 1.49. The lowest BCUT2D eigenvalue weighted by atomic mass is 10.1. The highest BCUT2D eigenvalue weighted by atomic mass is 32.2. The molecule has 0 aromatic heterocycles. The van der Waals surface area contributed by atoms with Gasteiger partial charge in [-0.05, 0) is 47.7 Å². The van der Waals surface area contributed by atoms with Crippen LogP contribution in [0.4, 0.5) is 14.9 Å². The van der Waals surface area contributed by atoms with Crippen LogP contribution in [-0.2, 0) is 9.59 Å². The minimum absolute atomic E-state index is 0.0348. The first-order chi connectivity index (χ1) is 14.9. The molecule has 8 nitrogen and oxygen atoms in total. The van der Waals surface area contributed by atoms with Crippen LogP contribution in [0.15, 0.2) is 41.3 Å². The van der Waals surface area contributed by atoms with E-state index in [0.29, 0.717) is 34.6 Å². The SMILES string of the molecule is COc1cc(/C=C2\SC(=O)N(CC(=O)Nc3ccccc3F)C2=O)cc(OC)c1OC. The van der Waals surface area contributed by atoms with Gasteiger partial charge in [0.25, 0.3) is 11.1 Å². The Morgan fingerprint density at radius 2 is 1.74 bits per heavy atom. The van der Waals surface area contributed by atoms with Gasteiger partial charge < -0.3 is 19.5 Å². The fourth-order valence-electron chi connectivity index (χ4n) is 2.87. The Hall–Kier alpha value is -3.53. The molecule has 3 amide bonds. The summed E-state index contributed by atoms with van der Waals surface area (Å²) in [6, 6.07) is 8.86. The van der Waals surface area contributed by atoms with E-state index in [9.17, 15) is 18.8 Å². The van der Waals surface area contributed by atoms with E-state index in [4.69, 9.17) is 14.2 Å². The molecule has 1 fully saturated rings. The quantitative estimate of drug-likeness (QED) is 0.651. The number of para-hydroxylation sites is 1. The van der Waals surface area contributed by atoms with Crippen LogP contribution in [-0.4, -0.2) is 49.8 Å². The average Bonchev–Trinajstić information content (AvgIpc) is 3.01. The van der Waals surface area contributed by atoms with Crippen LogP contribution in [0.1, 0.15) is 5.56 Å². The summed E-state index contributed by atoms with van der Waals surface area (Å²) in [5.41, 5.74) is 0.503. The summed E-state index contributed by atoms with van der Waals surface area (Å²) in [5.74, 6) is -0.783. The number of carbonyl (C=O) groups excluding carboxylic acids is 3. The molecule has 1 aliphatic rings. The fraction of sp³-hybridized carbons (Fsp3) is 0.190. The second-order valence-electron chi connectivity index (χ2n) is 6.25. The Bertz CT molecular complexity index is 1050. The predicted octanol–water partition coefficient (Wildman–Crippen LogP) is 3.53. The van der Waals surface area contributed by atoms with Gasteiger partial charge in [-0.25, -0.2) is 4.39 Å². The number of hydrogen-bond acceptors (Lipinski definition) is 7. The van der Waals surface area contributed by atoms with E-state index in [1.807, 2.05) is 0 Å². The van der Waals surface area contributed by atoms with E-state index >= 15 is 0 Å². The lowest BCUT2D eigenvalue weighted by Crippen LogP contribution is -2.36. The Kier molecular flexibility index (Phi) is 6.81. The number of halogens is 1. The minimum Gasteiger partial charge on any atom is -0.493 e. The molecule has 0 saturated carbocycles. The summed E-state index contributed by atoms with van der Waals surface area (Å²) in [4.78, 5) is 38.1. The molecule has 0 unspecified atom stereocenters. The molecule has 0 atom stereocenters. The molecule has 0 radical (unpaired) electrons. The highest BCUT2D eigenvalue weighted by Gasteiger charge is 2.36. The van der Waals surface area contributed by atoms with Crippen LogP contribution in [0.3, 0.4) is 0 Å². The molecular weight excluding hydrogens is 427 g/mol. The number of hydrogen-bond donors (Lipinski definition) is 1. The van der Waals surface area contributed by atoms with Gasteiger partial charge in [0.1, 0.15) is 12.4 Å². The van der Waals surface area contributed by atoms with Crippen LogP contribution in [0.5, 0.6) is 17.2 Å². The van der Waals surface area contributed by atoms with Crippen molar-refractivity contribution in [1.29, 1.82) is 0 Å². The van der Waals surface area contributed by atoms with Crippen LogP contribution in [0.25, 0.3) is 6.08 Å². The normalized spacial score (nSPS) is 14.7. The van der Waals surface area contributed by atoms with Crippen LogP contribution < -0.4 is 19.5 Å². The summed E-state index contributed by atoms with van der Waals surface area (Å²) in [6.45, 7) is -0.536. The lowest BCUT2D eigenvalue weighted by Gasteiger charge is -2.13. The number of nitrogens with one attached hydrogen (secondary N) is 1. The first-order valence-electron chi connectivity index (χ1n) is 8.97. The van der Waals surface area contributed by atoms with Gasteiger partial charge in [-0.1, -0.05) is 12.1 Å². The van der Waals surface area contributed by atoms with Gasteiger partial charge in [0.05, 0.1) is 31.9 Å². The molecule has 3 rings (SSSR count). The number of nitrogens with zero attached hydrogens (tertiary/aromatic N) is 1. The van der Waals surface area contributed by atoms with E-state index in [1.54, 1.807) is 18.2 Å². The summed E-state index contributed by atoms with van der Waals surface area (Å²) in [5, 5.41) is 1.75. The Morgan fingerprint density at radius 3 is 2.32 bits per heavy atom. The van der Waals surface area contributed by atoms with Crippen molar-refractivity contribution in [2.45, 2.75) is 0 Å². The van der Waals surface area contributed by atoms with E-state index in [1.165, 1.54) is 45.6 Å². The molecule has 0 spiro atoms. The van der Waals surface area contributed by atoms with Crippen molar-refractivity contribution in [3.63, 3.8) is 0 Å². The van der Waals surface area contributed by atoms with Crippen molar-refractivity contribution >= 4 is 40.6 Å². The van der Waals surface area contributed by atoms with Gasteiger partial charge in [0.2, 0.25) is 11.7 Å². The van der Waals surface area contributed by atoms with E-state index < -0.39 is 29.4 Å². The Morgan fingerprint density at radius 1 is 1.10 bits per heavy atom. The molecule has 0 aliphatic carbocycles. The second kappa shape index (κ2) is 9.52. The molecule has 31 heavy (non-hydrogen) atoms. The maximum atomic E-state index is 13.7. The molecule has 1 saturated heterocycles. The molecular formula is C21H19FN2O6S. The molecule has 162 valence electrons. The number of rotatable bonds is 7. The number of methoxy groups -OCH3 is 3. The number of carbonyl (C=O) groups is 3. The summed E-state index contributed by atoms with van der Waals surface area (Å²) in [7, 11) is 4.39. The third kappa shape index (κ3) is 4.80. The number of ether oxygens (including phenoxy) is 3. The fourth-order valence-corrected chi connectivity index (χ4v) is 3.71. The summed E-state index contributed by atoms with van der Waals surface area (Å²) >= 11 is 0.697. The van der Waals surface area contributed by atoms with Gasteiger partial charge >= 0.3 is 0 Å². The molecule has 10 heteroatoms. The van der Waals surface area contributed by atoms with Gasteiger partial charge in [0, 0.05) is 0 Å². The topological polar surface area (TPSA) is 94.2 Å². The largest absolute Gasteiger partial charge is 0.493 e. The van der Waals surface area contributed by atoms with Crippen LogP contribution in [0.2, 0.25) is 0 Å². The number of amides is 3. The molecule has 1 N–H and O–H groups in total. The smallest absolute Gasteiger partial charge is 0.294 e.